The van der Waals surface area contributed by atoms with Crippen molar-refractivity contribution in [1.29, 1.82) is 0 Å². The van der Waals surface area contributed by atoms with Gasteiger partial charge in [0.25, 0.3) is 5.91 Å². The minimum Gasteiger partial charge on any atom is -0.462 e. The Kier molecular flexibility index (Phi) is 9.30. The maximum absolute atomic E-state index is 13.1. The average molecular weight is 512 g/mol. The lowest BCUT2D eigenvalue weighted by Crippen LogP contribution is -2.37. The molecule has 0 unspecified atom stereocenters. The Morgan fingerprint density at radius 1 is 1.12 bits per heavy atom. The number of hydrogen-bond acceptors (Lipinski definition) is 8. The van der Waals surface area contributed by atoms with Gasteiger partial charge in [0, 0.05) is 24.7 Å². The van der Waals surface area contributed by atoms with Crippen LogP contribution < -0.4 is 5.32 Å². The molecule has 0 aliphatic rings. The highest BCUT2D eigenvalue weighted by Gasteiger charge is 2.27. The van der Waals surface area contributed by atoms with Crippen LogP contribution in [0.25, 0.3) is 0 Å². The highest BCUT2D eigenvalue weighted by atomic mass is 32.2. The van der Waals surface area contributed by atoms with E-state index >= 15 is 0 Å². The highest BCUT2D eigenvalue weighted by molar-refractivity contribution is 7.89. The molecule has 0 aliphatic carbocycles. The molecule has 0 atom stereocenters. The summed E-state index contributed by atoms with van der Waals surface area (Å²) < 4.78 is 32.6. The van der Waals surface area contributed by atoms with E-state index in [0.29, 0.717) is 24.4 Å². The van der Waals surface area contributed by atoms with E-state index in [2.05, 4.69) is 5.32 Å². The van der Waals surface area contributed by atoms with Gasteiger partial charge in [-0.3, -0.25) is 14.9 Å². The minimum absolute atomic E-state index is 0.0214. The summed E-state index contributed by atoms with van der Waals surface area (Å²) in [6.07, 6.45) is 0. The Morgan fingerprint density at radius 2 is 1.68 bits per heavy atom. The number of carbonyl (C=O) groups excluding carboxylic acids is 2. The van der Waals surface area contributed by atoms with Crippen LogP contribution in [0.4, 0.5) is 10.0 Å². The third-order valence-corrected chi connectivity index (χ3v) is 7.36. The number of ether oxygens (including phenoxy) is 1. The number of nitrogens with one attached hydrogen (secondary N) is 1. The molecule has 1 heterocycles. The number of hydrogen-bond donors (Lipinski definition) is 1. The molecule has 0 aliphatic heterocycles. The number of thiophene rings is 1. The van der Waals surface area contributed by atoms with Crippen LogP contribution in [0, 0.1) is 22.0 Å². The van der Waals surface area contributed by atoms with Gasteiger partial charge in [-0.25, -0.2) is 13.2 Å². The molecule has 10 nitrogen and oxygen atoms in total. The lowest BCUT2D eigenvalue weighted by atomic mass is 10.2. The molecular formula is C22H29N3O7S2. The fourth-order valence-electron chi connectivity index (χ4n) is 3.11. The Hall–Kier alpha value is -2.83. The molecule has 1 aromatic heterocycles. The third-order valence-electron chi connectivity index (χ3n) is 4.51. The molecule has 0 radical (unpaired) electrons. The molecule has 34 heavy (non-hydrogen) atoms. The van der Waals surface area contributed by atoms with Crippen molar-refractivity contribution in [3.05, 3.63) is 51.6 Å². The highest BCUT2D eigenvalue weighted by Crippen LogP contribution is 2.34. The van der Waals surface area contributed by atoms with Crippen LogP contribution in [-0.2, 0) is 14.8 Å². The van der Waals surface area contributed by atoms with Crippen LogP contribution >= 0.6 is 11.3 Å². The van der Waals surface area contributed by atoms with Gasteiger partial charge in [-0.1, -0.05) is 27.7 Å². The van der Waals surface area contributed by atoms with Gasteiger partial charge < -0.3 is 10.1 Å². The van der Waals surface area contributed by atoms with Crippen LogP contribution in [0.15, 0.2) is 35.2 Å². The van der Waals surface area contributed by atoms with Gasteiger partial charge in [0.2, 0.25) is 10.0 Å². The zero-order valence-corrected chi connectivity index (χ0v) is 21.4. The number of carbonyl (C=O) groups is 2. The monoisotopic (exact) mass is 511 g/mol. The number of anilines is 1. The number of esters is 1. The van der Waals surface area contributed by atoms with Gasteiger partial charge in [0.15, 0.2) is 0 Å². The van der Waals surface area contributed by atoms with Crippen molar-refractivity contribution in [2.24, 2.45) is 11.8 Å². The Morgan fingerprint density at radius 3 is 2.15 bits per heavy atom. The number of benzene rings is 1. The van der Waals surface area contributed by atoms with Gasteiger partial charge in [-0.15, -0.1) is 0 Å². The number of nitrogens with zero attached hydrogens (tertiary/aromatic N) is 2. The first-order valence-electron chi connectivity index (χ1n) is 10.7. The summed E-state index contributed by atoms with van der Waals surface area (Å²) in [5.74, 6) is -1.16. The fraction of sp³-hybridized carbons (Fsp3) is 0.455. The predicted molar refractivity (Wildman–Crippen MR) is 130 cm³/mol. The second kappa shape index (κ2) is 11.5. The van der Waals surface area contributed by atoms with Crippen molar-refractivity contribution in [3.63, 3.8) is 0 Å². The Labute approximate surface area is 203 Å². The molecule has 2 rings (SSSR count). The van der Waals surface area contributed by atoms with E-state index in [0.717, 1.165) is 6.07 Å². The van der Waals surface area contributed by atoms with E-state index in [4.69, 9.17) is 4.74 Å². The maximum atomic E-state index is 13.1. The lowest BCUT2D eigenvalue weighted by molar-refractivity contribution is -0.380. The van der Waals surface area contributed by atoms with Crippen molar-refractivity contribution in [2.75, 3.05) is 25.0 Å². The summed E-state index contributed by atoms with van der Waals surface area (Å²) in [5.41, 5.74) is 0.00758. The van der Waals surface area contributed by atoms with E-state index in [1.165, 1.54) is 28.6 Å². The molecule has 0 saturated heterocycles. The van der Waals surface area contributed by atoms with Crippen LogP contribution in [-0.4, -0.2) is 49.2 Å². The molecule has 0 saturated carbocycles. The van der Waals surface area contributed by atoms with Crippen molar-refractivity contribution in [3.8, 4) is 0 Å². The second-order valence-corrected chi connectivity index (χ2v) is 11.4. The fourth-order valence-corrected chi connectivity index (χ4v) is 5.73. The zero-order valence-electron chi connectivity index (χ0n) is 19.7. The zero-order chi connectivity index (χ0) is 25.6. The third kappa shape index (κ3) is 6.84. The molecule has 1 amide bonds. The molecule has 0 spiro atoms. The first-order chi connectivity index (χ1) is 15.9. The van der Waals surface area contributed by atoms with Crippen molar-refractivity contribution < 1.29 is 27.7 Å². The number of nitro groups is 1. The molecule has 1 aromatic carbocycles. The van der Waals surface area contributed by atoms with E-state index < -0.39 is 26.8 Å². The maximum Gasteiger partial charge on any atom is 0.341 e. The van der Waals surface area contributed by atoms with E-state index in [9.17, 15) is 28.1 Å². The Balaban J connectivity index is 2.29. The van der Waals surface area contributed by atoms with Gasteiger partial charge >= 0.3 is 11.0 Å². The van der Waals surface area contributed by atoms with E-state index in [1.54, 1.807) is 6.92 Å². The average Bonchev–Trinajstić information content (AvgIpc) is 3.17. The SMILES string of the molecule is CCOC(=O)c1cc([N+](=O)[O-])sc1NC(=O)c1ccc(S(=O)(=O)N(CC(C)C)CC(C)C)cc1. The minimum atomic E-state index is -3.76. The summed E-state index contributed by atoms with van der Waals surface area (Å²) >= 11 is 0.633. The standard InChI is InChI=1S/C22H29N3O7S2/c1-6-32-22(27)18-11-19(25(28)29)33-21(18)23-20(26)16-7-9-17(10-8-16)34(30,31)24(12-14(2)3)13-15(4)5/h7-11,14-15H,6,12-13H2,1-5H3,(H,23,26). The normalized spacial score (nSPS) is 11.8. The second-order valence-electron chi connectivity index (χ2n) is 8.39. The Bertz CT molecular complexity index is 1130. The molecular weight excluding hydrogens is 482 g/mol. The van der Waals surface area contributed by atoms with Crippen molar-refractivity contribution >= 4 is 43.2 Å². The molecule has 0 fully saturated rings. The molecule has 12 heteroatoms. The van der Waals surface area contributed by atoms with Crippen molar-refractivity contribution in [2.45, 2.75) is 39.5 Å². The van der Waals surface area contributed by atoms with Gasteiger partial charge in [-0.05, 0) is 54.4 Å². The first kappa shape index (κ1) is 27.4. The quantitative estimate of drug-likeness (QED) is 0.268. The van der Waals surface area contributed by atoms with E-state index in [-0.39, 0.29) is 44.5 Å². The van der Waals surface area contributed by atoms with E-state index in [1.807, 2.05) is 27.7 Å². The number of amides is 1. The molecule has 186 valence electrons. The topological polar surface area (TPSA) is 136 Å². The summed E-state index contributed by atoms with van der Waals surface area (Å²) in [4.78, 5) is 35.4. The first-order valence-corrected chi connectivity index (χ1v) is 13.0. The predicted octanol–water partition coefficient (Wildman–Crippen LogP) is 4.39. The van der Waals surface area contributed by atoms with Gasteiger partial charge in [-0.2, -0.15) is 4.31 Å². The number of sulfonamides is 1. The molecule has 2 aromatic rings. The lowest BCUT2D eigenvalue weighted by Gasteiger charge is -2.25. The summed E-state index contributed by atoms with van der Waals surface area (Å²) in [6, 6.07) is 6.46. The molecule has 1 N–H and O–H groups in total. The largest absolute Gasteiger partial charge is 0.462 e. The number of rotatable bonds is 11. The smallest absolute Gasteiger partial charge is 0.341 e. The molecule has 0 bridgehead atoms. The summed E-state index contributed by atoms with van der Waals surface area (Å²) in [5, 5.41) is 13.3. The van der Waals surface area contributed by atoms with Gasteiger partial charge in [0.05, 0.1) is 16.4 Å². The van der Waals surface area contributed by atoms with Crippen LogP contribution in [0.5, 0.6) is 0 Å². The van der Waals surface area contributed by atoms with Crippen LogP contribution in [0.2, 0.25) is 0 Å². The van der Waals surface area contributed by atoms with Crippen molar-refractivity contribution in [1.82, 2.24) is 4.31 Å². The van der Waals surface area contributed by atoms with Gasteiger partial charge in [0.1, 0.15) is 10.6 Å². The van der Waals surface area contributed by atoms with Crippen LogP contribution in [0.1, 0.15) is 55.3 Å². The summed E-state index contributed by atoms with van der Waals surface area (Å²) in [7, 11) is -3.76. The van der Waals surface area contributed by atoms with Crippen LogP contribution in [0.3, 0.4) is 0 Å². The summed E-state index contributed by atoms with van der Waals surface area (Å²) in [6.45, 7) is 10.2.